The molecule has 2 heterocycles. The van der Waals surface area contributed by atoms with E-state index in [1.165, 1.54) is 0 Å². The van der Waals surface area contributed by atoms with Crippen LogP contribution in [0.5, 0.6) is 5.75 Å². The third kappa shape index (κ3) is 3.97. The number of ether oxygens (including phenoxy) is 1. The van der Waals surface area contributed by atoms with Crippen molar-refractivity contribution >= 4 is 11.8 Å². The van der Waals surface area contributed by atoms with Crippen molar-refractivity contribution in [3.8, 4) is 5.75 Å². The van der Waals surface area contributed by atoms with Crippen molar-refractivity contribution in [1.29, 1.82) is 0 Å². The molecule has 0 unspecified atom stereocenters. The summed E-state index contributed by atoms with van der Waals surface area (Å²) < 4.78 is 7.73. The first-order valence-corrected chi connectivity index (χ1v) is 9.50. The summed E-state index contributed by atoms with van der Waals surface area (Å²) in [5.41, 5.74) is 0.362. The van der Waals surface area contributed by atoms with Crippen molar-refractivity contribution in [1.82, 2.24) is 20.0 Å². The van der Waals surface area contributed by atoms with Crippen LogP contribution in [0, 0.1) is 0 Å². The number of aryl methyl sites for hydroxylation is 1. The first-order valence-electron chi connectivity index (χ1n) is 9.50. The number of aromatic nitrogens is 2. The normalized spacial score (nSPS) is 21.9. The second kappa shape index (κ2) is 7.42. The molecular weight excluding hydrogens is 344 g/mol. The van der Waals surface area contributed by atoms with Crippen LogP contribution in [0.15, 0.2) is 42.6 Å². The third-order valence-electron chi connectivity index (χ3n) is 4.98. The van der Waals surface area contributed by atoms with Gasteiger partial charge in [-0.25, -0.2) is 0 Å². The van der Waals surface area contributed by atoms with Gasteiger partial charge in [-0.2, -0.15) is 5.10 Å². The van der Waals surface area contributed by atoms with Gasteiger partial charge in [-0.05, 0) is 38.0 Å². The summed E-state index contributed by atoms with van der Waals surface area (Å²) in [4.78, 5) is 27.3. The van der Waals surface area contributed by atoms with Gasteiger partial charge >= 0.3 is 0 Å². The number of amides is 2. The zero-order valence-corrected chi connectivity index (χ0v) is 15.4. The molecule has 4 rings (SSSR count). The molecule has 1 saturated carbocycles. The molecule has 2 amide bonds. The van der Waals surface area contributed by atoms with E-state index in [9.17, 15) is 9.59 Å². The van der Waals surface area contributed by atoms with Gasteiger partial charge in [-0.15, -0.1) is 0 Å². The highest BCUT2D eigenvalue weighted by molar-refractivity contribution is 5.96. The van der Waals surface area contributed by atoms with E-state index in [1.54, 1.807) is 21.8 Å². The van der Waals surface area contributed by atoms with E-state index in [-0.39, 0.29) is 24.0 Å². The predicted octanol–water partition coefficient (Wildman–Crippen LogP) is 1.84. The molecule has 1 aliphatic carbocycles. The van der Waals surface area contributed by atoms with Crippen molar-refractivity contribution in [3.05, 3.63) is 48.3 Å². The minimum atomic E-state index is -0.529. The van der Waals surface area contributed by atoms with Gasteiger partial charge in [0.05, 0.1) is 6.54 Å². The van der Waals surface area contributed by atoms with Gasteiger partial charge in [0.15, 0.2) is 0 Å². The second-order valence-electron chi connectivity index (χ2n) is 7.10. The van der Waals surface area contributed by atoms with Crippen LogP contribution >= 0.6 is 0 Å². The molecule has 0 bridgehead atoms. The zero-order chi connectivity index (χ0) is 18.8. The number of carbonyl (C=O) groups excluding carboxylic acids is 2. The van der Waals surface area contributed by atoms with Crippen LogP contribution in [0.25, 0.3) is 0 Å². The smallest absolute Gasteiger partial charge is 0.275 e. The summed E-state index contributed by atoms with van der Waals surface area (Å²) in [6.07, 6.45) is 4.06. The predicted molar refractivity (Wildman–Crippen MR) is 99.4 cm³/mol. The molecule has 2 aromatic rings. The molecule has 2 aliphatic rings. The molecule has 1 aromatic heterocycles. The number of para-hydroxylation sites is 1. The Bertz CT molecular complexity index is 816. The van der Waals surface area contributed by atoms with E-state index in [1.807, 2.05) is 37.3 Å². The number of benzene rings is 1. The number of carbonyl (C=O) groups is 2. The van der Waals surface area contributed by atoms with Crippen LogP contribution < -0.4 is 10.1 Å². The maximum atomic E-state index is 13.0. The molecule has 0 radical (unpaired) electrons. The van der Waals surface area contributed by atoms with E-state index < -0.39 is 6.04 Å². The summed E-state index contributed by atoms with van der Waals surface area (Å²) >= 11 is 0. The highest BCUT2D eigenvalue weighted by Gasteiger charge is 2.42. The molecule has 2 atom stereocenters. The quantitative estimate of drug-likeness (QED) is 0.844. The monoisotopic (exact) mass is 368 g/mol. The summed E-state index contributed by atoms with van der Waals surface area (Å²) in [5.74, 6) is 0.422. The van der Waals surface area contributed by atoms with Gasteiger partial charge in [-0.3, -0.25) is 14.3 Å². The Morgan fingerprint density at radius 1 is 1.22 bits per heavy atom. The topological polar surface area (TPSA) is 76.5 Å². The number of hydrogen-bond donors (Lipinski definition) is 1. The number of nitrogens with one attached hydrogen (secondary N) is 1. The lowest BCUT2D eigenvalue weighted by atomic mass is 10.1. The second-order valence-corrected chi connectivity index (χ2v) is 7.10. The van der Waals surface area contributed by atoms with E-state index in [0.717, 1.165) is 18.6 Å². The lowest BCUT2D eigenvalue weighted by molar-refractivity contribution is -0.125. The Hall–Kier alpha value is -2.83. The lowest BCUT2D eigenvalue weighted by Crippen LogP contribution is -2.46. The molecule has 1 aliphatic heterocycles. The van der Waals surface area contributed by atoms with Crippen molar-refractivity contribution in [2.24, 2.45) is 0 Å². The van der Waals surface area contributed by atoms with E-state index >= 15 is 0 Å². The van der Waals surface area contributed by atoms with Gasteiger partial charge in [-0.1, -0.05) is 18.2 Å². The first kappa shape index (κ1) is 17.6. The summed E-state index contributed by atoms with van der Waals surface area (Å²) in [6, 6.07) is 10.9. The van der Waals surface area contributed by atoms with Crippen molar-refractivity contribution in [2.45, 2.75) is 50.9 Å². The summed E-state index contributed by atoms with van der Waals surface area (Å²) in [5, 5.41) is 7.32. The van der Waals surface area contributed by atoms with Crippen LogP contribution in [0.1, 0.15) is 36.7 Å². The Morgan fingerprint density at radius 3 is 2.67 bits per heavy atom. The van der Waals surface area contributed by atoms with Crippen LogP contribution in [0.4, 0.5) is 0 Å². The SMILES string of the molecule is CCn1ccc(C(=O)N2C[C@@H](Oc3ccccc3)C[C@H]2C(=O)NC2CC2)n1. The van der Waals surface area contributed by atoms with Gasteiger partial charge in [0, 0.05) is 25.2 Å². The molecule has 27 heavy (non-hydrogen) atoms. The van der Waals surface area contributed by atoms with Gasteiger partial charge in [0.2, 0.25) is 5.91 Å². The molecular formula is C20H24N4O3. The average molecular weight is 368 g/mol. The molecule has 1 saturated heterocycles. The summed E-state index contributed by atoms with van der Waals surface area (Å²) in [7, 11) is 0. The fourth-order valence-electron chi connectivity index (χ4n) is 3.37. The molecule has 0 spiro atoms. The molecule has 142 valence electrons. The van der Waals surface area contributed by atoms with E-state index in [0.29, 0.717) is 25.2 Å². The molecule has 7 heteroatoms. The lowest BCUT2D eigenvalue weighted by Gasteiger charge is -2.22. The van der Waals surface area contributed by atoms with Gasteiger partial charge in [0.1, 0.15) is 23.6 Å². The number of nitrogens with zero attached hydrogens (tertiary/aromatic N) is 3. The standard InChI is InChI=1S/C20H24N4O3/c1-2-23-11-10-17(22-23)20(26)24-13-16(27-15-6-4-3-5-7-15)12-18(24)19(25)21-14-8-9-14/h3-7,10-11,14,16,18H,2,8-9,12-13H2,1H3,(H,21,25)/t16-,18-/m0/s1. The Morgan fingerprint density at radius 2 is 2.00 bits per heavy atom. The number of hydrogen-bond acceptors (Lipinski definition) is 4. The Balaban J connectivity index is 1.51. The molecule has 1 N–H and O–H groups in total. The molecule has 2 fully saturated rings. The number of likely N-dealkylation sites (tertiary alicyclic amines) is 1. The van der Waals surface area contributed by atoms with Gasteiger partial charge in [0.25, 0.3) is 5.91 Å². The Kier molecular flexibility index (Phi) is 4.83. The zero-order valence-electron chi connectivity index (χ0n) is 15.4. The van der Waals surface area contributed by atoms with Crippen LogP contribution in [-0.2, 0) is 11.3 Å². The van der Waals surface area contributed by atoms with Crippen LogP contribution in [0.2, 0.25) is 0 Å². The highest BCUT2D eigenvalue weighted by Crippen LogP contribution is 2.26. The fourth-order valence-corrected chi connectivity index (χ4v) is 3.37. The molecule has 7 nitrogen and oxygen atoms in total. The minimum absolute atomic E-state index is 0.0973. The fraction of sp³-hybridized carbons (Fsp3) is 0.450. The maximum Gasteiger partial charge on any atom is 0.275 e. The van der Waals surface area contributed by atoms with Crippen LogP contribution in [0.3, 0.4) is 0 Å². The average Bonchev–Trinajstić information content (AvgIpc) is 3.21. The summed E-state index contributed by atoms with van der Waals surface area (Å²) in [6.45, 7) is 3.03. The number of rotatable bonds is 6. The van der Waals surface area contributed by atoms with Crippen molar-refractivity contribution < 1.29 is 14.3 Å². The van der Waals surface area contributed by atoms with E-state index in [4.69, 9.17) is 4.74 Å². The first-order chi connectivity index (χ1) is 13.1. The van der Waals surface area contributed by atoms with E-state index in [2.05, 4.69) is 10.4 Å². The van der Waals surface area contributed by atoms with Crippen molar-refractivity contribution in [2.75, 3.05) is 6.54 Å². The largest absolute Gasteiger partial charge is 0.488 e. The highest BCUT2D eigenvalue weighted by atomic mass is 16.5. The maximum absolute atomic E-state index is 13.0. The minimum Gasteiger partial charge on any atom is -0.488 e. The van der Waals surface area contributed by atoms with Crippen LogP contribution in [-0.4, -0.2) is 51.2 Å². The van der Waals surface area contributed by atoms with Gasteiger partial charge < -0.3 is 15.0 Å². The Labute approximate surface area is 158 Å². The van der Waals surface area contributed by atoms with Crippen molar-refractivity contribution in [3.63, 3.8) is 0 Å². The third-order valence-corrected chi connectivity index (χ3v) is 4.98. The molecule has 1 aromatic carbocycles.